The number of piperidine rings is 2. The van der Waals surface area contributed by atoms with Gasteiger partial charge in [0.1, 0.15) is 0 Å². The monoisotopic (exact) mass is 657 g/mol. The molecule has 2 fully saturated rings. The third kappa shape index (κ3) is 7.84. The van der Waals surface area contributed by atoms with Gasteiger partial charge in [0, 0.05) is 56.8 Å². The van der Waals surface area contributed by atoms with E-state index >= 15 is 0 Å². The molecule has 1 amide bonds. The molecule has 0 radical (unpaired) electrons. The van der Waals surface area contributed by atoms with Gasteiger partial charge in [0.2, 0.25) is 0 Å². The van der Waals surface area contributed by atoms with Crippen LogP contribution in [0.4, 0.5) is 0 Å². The van der Waals surface area contributed by atoms with Crippen LogP contribution in [0.3, 0.4) is 0 Å². The van der Waals surface area contributed by atoms with E-state index in [1.54, 1.807) is 30.3 Å². The smallest absolute Gasteiger partial charge is 0.253 e. The van der Waals surface area contributed by atoms with Crippen LogP contribution in [0.5, 0.6) is 0 Å². The van der Waals surface area contributed by atoms with Crippen molar-refractivity contribution >= 4 is 38.9 Å². The minimum absolute atomic E-state index is 0.0347. The van der Waals surface area contributed by atoms with Crippen LogP contribution in [0.1, 0.15) is 41.6 Å². The SMILES string of the molecule is CN(CCN1CCC(O)(CS(=O)(=O)c2ccccc2)CC1)CC1(c2ccc(Cl)c(Cl)c2)CCCN(C(=O)c2ccccc2)C1. The molecule has 44 heavy (non-hydrogen) atoms. The maximum Gasteiger partial charge on any atom is 0.253 e. The number of likely N-dealkylation sites (N-methyl/N-ethyl adjacent to an activating group) is 1. The molecular weight excluding hydrogens is 617 g/mol. The van der Waals surface area contributed by atoms with Crippen LogP contribution in [0.15, 0.2) is 83.8 Å². The molecule has 2 aliphatic heterocycles. The van der Waals surface area contributed by atoms with Crippen LogP contribution in [0, 0.1) is 0 Å². The molecule has 5 rings (SSSR count). The molecule has 7 nitrogen and oxygen atoms in total. The van der Waals surface area contributed by atoms with Gasteiger partial charge in [0.05, 0.1) is 26.3 Å². The lowest BCUT2D eigenvalue weighted by Crippen LogP contribution is -2.54. The zero-order chi connectivity index (χ0) is 31.4. The Hall–Kier alpha value is -2.46. The first-order valence-electron chi connectivity index (χ1n) is 15.2. The number of likely N-dealkylation sites (tertiary alicyclic amines) is 2. The van der Waals surface area contributed by atoms with Crippen molar-refractivity contribution in [3.8, 4) is 0 Å². The van der Waals surface area contributed by atoms with Gasteiger partial charge in [0.25, 0.3) is 5.91 Å². The highest BCUT2D eigenvalue weighted by Gasteiger charge is 2.41. The van der Waals surface area contributed by atoms with E-state index in [-0.39, 0.29) is 22.0 Å². The summed E-state index contributed by atoms with van der Waals surface area (Å²) in [5, 5.41) is 12.2. The number of rotatable bonds is 10. The predicted molar refractivity (Wildman–Crippen MR) is 176 cm³/mol. The normalized spacial score (nSPS) is 21.0. The van der Waals surface area contributed by atoms with Crippen molar-refractivity contribution in [2.45, 2.75) is 41.6 Å². The first kappa shape index (κ1) is 32.9. The number of amides is 1. The molecule has 2 saturated heterocycles. The molecule has 0 aromatic heterocycles. The van der Waals surface area contributed by atoms with Crippen molar-refractivity contribution in [2.75, 3.05) is 58.6 Å². The summed E-state index contributed by atoms with van der Waals surface area (Å²) in [6.45, 7) is 4.86. The van der Waals surface area contributed by atoms with Crippen LogP contribution in [0.2, 0.25) is 10.0 Å². The largest absolute Gasteiger partial charge is 0.389 e. The first-order chi connectivity index (χ1) is 21.0. The summed E-state index contributed by atoms with van der Waals surface area (Å²) in [5.41, 5.74) is 0.213. The number of carbonyl (C=O) groups is 1. The minimum Gasteiger partial charge on any atom is -0.389 e. The molecule has 236 valence electrons. The summed E-state index contributed by atoms with van der Waals surface area (Å²) in [6, 6.07) is 23.6. The summed E-state index contributed by atoms with van der Waals surface area (Å²) < 4.78 is 25.8. The number of halogens is 2. The van der Waals surface area contributed by atoms with Gasteiger partial charge in [-0.05, 0) is 74.7 Å². The van der Waals surface area contributed by atoms with Gasteiger partial charge in [-0.2, -0.15) is 0 Å². The molecule has 2 heterocycles. The van der Waals surface area contributed by atoms with E-state index in [4.69, 9.17) is 23.2 Å². The van der Waals surface area contributed by atoms with Gasteiger partial charge in [-0.15, -0.1) is 0 Å². The molecule has 1 atom stereocenters. The summed E-state index contributed by atoms with van der Waals surface area (Å²) in [7, 11) is -1.47. The van der Waals surface area contributed by atoms with E-state index in [0.29, 0.717) is 54.6 Å². The van der Waals surface area contributed by atoms with Crippen molar-refractivity contribution in [1.82, 2.24) is 14.7 Å². The molecule has 2 aliphatic rings. The lowest BCUT2D eigenvalue weighted by Gasteiger charge is -2.46. The summed E-state index contributed by atoms with van der Waals surface area (Å²) >= 11 is 12.8. The van der Waals surface area contributed by atoms with Gasteiger partial charge >= 0.3 is 0 Å². The zero-order valence-electron chi connectivity index (χ0n) is 25.2. The van der Waals surface area contributed by atoms with Crippen molar-refractivity contribution < 1.29 is 18.3 Å². The molecule has 10 heteroatoms. The second kappa shape index (κ2) is 13.9. The maximum atomic E-state index is 13.5. The van der Waals surface area contributed by atoms with Crippen LogP contribution < -0.4 is 0 Å². The number of aliphatic hydroxyl groups is 1. The topological polar surface area (TPSA) is 81.2 Å². The van der Waals surface area contributed by atoms with Gasteiger partial charge in [-0.25, -0.2) is 8.42 Å². The summed E-state index contributed by atoms with van der Waals surface area (Å²) in [4.78, 5) is 20.3. The van der Waals surface area contributed by atoms with Crippen molar-refractivity contribution in [1.29, 1.82) is 0 Å². The van der Waals surface area contributed by atoms with E-state index in [1.165, 1.54) is 0 Å². The highest BCUT2D eigenvalue weighted by atomic mass is 35.5. The zero-order valence-corrected chi connectivity index (χ0v) is 27.5. The van der Waals surface area contributed by atoms with Crippen LogP contribution >= 0.6 is 23.2 Å². The third-order valence-electron chi connectivity index (χ3n) is 9.14. The van der Waals surface area contributed by atoms with Gasteiger partial charge in [0.15, 0.2) is 9.84 Å². The Morgan fingerprint density at radius 2 is 1.57 bits per heavy atom. The van der Waals surface area contributed by atoms with Crippen LogP contribution in [-0.4, -0.2) is 98.3 Å². The lowest BCUT2D eigenvalue weighted by atomic mass is 9.73. The summed E-state index contributed by atoms with van der Waals surface area (Å²) in [6.07, 6.45) is 2.61. The fourth-order valence-electron chi connectivity index (χ4n) is 6.66. The second-order valence-electron chi connectivity index (χ2n) is 12.5. The minimum atomic E-state index is -3.57. The van der Waals surface area contributed by atoms with Crippen molar-refractivity contribution in [3.63, 3.8) is 0 Å². The maximum absolute atomic E-state index is 13.5. The molecular formula is C34H41Cl2N3O4S. The quantitative estimate of drug-likeness (QED) is 0.315. The fraction of sp³-hybridized carbons (Fsp3) is 0.441. The number of carbonyl (C=O) groups excluding carboxylic acids is 1. The second-order valence-corrected chi connectivity index (χ2v) is 15.3. The Kier molecular flexibility index (Phi) is 10.4. The Morgan fingerprint density at radius 3 is 2.23 bits per heavy atom. The van der Waals surface area contributed by atoms with E-state index in [2.05, 4.69) is 16.8 Å². The molecule has 3 aromatic rings. The molecule has 0 bridgehead atoms. The van der Waals surface area contributed by atoms with Gasteiger partial charge in [-0.1, -0.05) is 65.7 Å². The van der Waals surface area contributed by atoms with E-state index in [9.17, 15) is 18.3 Å². The van der Waals surface area contributed by atoms with Gasteiger partial charge < -0.3 is 19.8 Å². The highest BCUT2D eigenvalue weighted by molar-refractivity contribution is 7.91. The lowest BCUT2D eigenvalue weighted by molar-refractivity contribution is -0.00452. The van der Waals surface area contributed by atoms with Crippen LogP contribution in [0.25, 0.3) is 0 Å². The Balaban J connectivity index is 1.22. The van der Waals surface area contributed by atoms with E-state index < -0.39 is 15.4 Å². The van der Waals surface area contributed by atoms with Crippen LogP contribution in [-0.2, 0) is 15.3 Å². The molecule has 3 aromatic carbocycles. The average Bonchev–Trinajstić information content (AvgIpc) is 3.02. The molecule has 0 spiro atoms. The molecule has 1 unspecified atom stereocenters. The number of hydrogen-bond acceptors (Lipinski definition) is 6. The Bertz CT molecular complexity index is 1530. The average molecular weight is 659 g/mol. The molecule has 1 N–H and O–H groups in total. The molecule has 0 aliphatic carbocycles. The molecule has 0 saturated carbocycles. The van der Waals surface area contributed by atoms with E-state index in [1.807, 2.05) is 53.4 Å². The van der Waals surface area contributed by atoms with Gasteiger partial charge in [-0.3, -0.25) is 4.79 Å². The number of benzene rings is 3. The Morgan fingerprint density at radius 1 is 0.909 bits per heavy atom. The predicted octanol–water partition coefficient (Wildman–Crippen LogP) is 5.40. The number of sulfone groups is 1. The third-order valence-corrected chi connectivity index (χ3v) is 11.8. The standard InChI is InChI=1S/C34H41Cl2N3O4S/c1-37(21-22-38-19-16-34(41,17-20-38)26-44(42,43)29-11-6-3-7-12-29)24-33(28-13-14-30(35)31(36)23-28)15-8-18-39(25-33)32(40)27-9-4-2-5-10-27/h2-7,9-14,23,41H,8,15-22,24-26H2,1H3. The summed E-state index contributed by atoms with van der Waals surface area (Å²) in [5.74, 6) is -0.227. The highest BCUT2D eigenvalue weighted by Crippen LogP contribution is 2.38. The first-order valence-corrected chi connectivity index (χ1v) is 17.6. The fourth-order valence-corrected chi connectivity index (χ4v) is 8.69. The Labute approximate surface area is 271 Å². The number of hydrogen-bond donors (Lipinski definition) is 1. The number of nitrogens with zero attached hydrogens (tertiary/aromatic N) is 3. The van der Waals surface area contributed by atoms with Crippen molar-refractivity contribution in [2.24, 2.45) is 0 Å². The van der Waals surface area contributed by atoms with Crippen molar-refractivity contribution in [3.05, 3.63) is 100 Å². The van der Waals surface area contributed by atoms with E-state index in [0.717, 1.165) is 38.0 Å².